The summed E-state index contributed by atoms with van der Waals surface area (Å²) in [6.45, 7) is 5.89. The topological polar surface area (TPSA) is 73.1 Å². The molecule has 116 valence electrons. The van der Waals surface area contributed by atoms with Gasteiger partial charge in [-0.05, 0) is 19.1 Å². The van der Waals surface area contributed by atoms with Crippen molar-refractivity contribution in [2.45, 2.75) is 26.5 Å². The second-order valence-corrected chi connectivity index (χ2v) is 5.53. The van der Waals surface area contributed by atoms with Gasteiger partial charge in [0, 0.05) is 18.7 Å². The van der Waals surface area contributed by atoms with Gasteiger partial charge in [-0.25, -0.2) is 0 Å². The van der Waals surface area contributed by atoms with Crippen LogP contribution in [0.1, 0.15) is 12.5 Å². The Labute approximate surface area is 128 Å². The molecule has 2 heterocycles. The van der Waals surface area contributed by atoms with Gasteiger partial charge in [0.25, 0.3) is 0 Å². The van der Waals surface area contributed by atoms with Crippen molar-refractivity contribution in [2.75, 3.05) is 19.7 Å². The number of morpholine rings is 1. The summed E-state index contributed by atoms with van der Waals surface area (Å²) in [7, 11) is 0. The van der Waals surface area contributed by atoms with Gasteiger partial charge in [0.15, 0.2) is 0 Å². The van der Waals surface area contributed by atoms with E-state index < -0.39 is 0 Å². The second kappa shape index (κ2) is 6.23. The molecule has 0 aliphatic carbocycles. The smallest absolute Gasteiger partial charge is 0.246 e. The molecule has 7 nitrogen and oxygen atoms in total. The molecule has 1 atom stereocenters. The highest BCUT2D eigenvalue weighted by molar-refractivity contribution is 5.76. The van der Waals surface area contributed by atoms with Crippen LogP contribution in [-0.2, 0) is 16.1 Å². The standard InChI is InChI=1S/C15H19N5O2/c1-11-3-5-13(6-4-11)15-16-18-20(17-15)10-14(21)19-7-8-22-12(2)9-19/h3-6,12H,7-10H2,1-2H3. The molecule has 1 amide bonds. The van der Waals surface area contributed by atoms with Crippen LogP contribution in [0.5, 0.6) is 0 Å². The molecule has 1 saturated heterocycles. The summed E-state index contributed by atoms with van der Waals surface area (Å²) >= 11 is 0. The molecule has 1 aliphatic rings. The fourth-order valence-electron chi connectivity index (χ4n) is 2.39. The monoisotopic (exact) mass is 301 g/mol. The maximum atomic E-state index is 12.2. The van der Waals surface area contributed by atoms with Crippen molar-refractivity contribution in [1.82, 2.24) is 25.1 Å². The van der Waals surface area contributed by atoms with E-state index in [1.165, 1.54) is 10.4 Å². The van der Waals surface area contributed by atoms with E-state index in [0.29, 0.717) is 25.5 Å². The van der Waals surface area contributed by atoms with E-state index in [0.717, 1.165) is 5.56 Å². The van der Waals surface area contributed by atoms with Crippen molar-refractivity contribution in [3.05, 3.63) is 29.8 Å². The molecule has 7 heteroatoms. The van der Waals surface area contributed by atoms with Crippen LogP contribution in [0.2, 0.25) is 0 Å². The van der Waals surface area contributed by atoms with Crippen LogP contribution in [0.3, 0.4) is 0 Å². The molecule has 0 spiro atoms. The minimum absolute atomic E-state index is 0.0111. The predicted octanol–water partition coefficient (Wildman–Crippen LogP) is 0.896. The molecular weight excluding hydrogens is 282 g/mol. The highest BCUT2D eigenvalue weighted by Gasteiger charge is 2.22. The molecule has 0 bridgehead atoms. The summed E-state index contributed by atoms with van der Waals surface area (Å²) in [6.07, 6.45) is 0.0736. The summed E-state index contributed by atoms with van der Waals surface area (Å²) in [5.41, 5.74) is 2.07. The van der Waals surface area contributed by atoms with Crippen LogP contribution in [0, 0.1) is 6.92 Å². The zero-order chi connectivity index (χ0) is 15.5. The average molecular weight is 301 g/mol. The van der Waals surface area contributed by atoms with Crippen LogP contribution >= 0.6 is 0 Å². The number of benzene rings is 1. The Bertz CT molecular complexity index is 652. The first kappa shape index (κ1) is 14.6. The summed E-state index contributed by atoms with van der Waals surface area (Å²) < 4.78 is 5.44. The van der Waals surface area contributed by atoms with Crippen LogP contribution < -0.4 is 0 Å². The normalized spacial score (nSPS) is 18.5. The van der Waals surface area contributed by atoms with E-state index in [-0.39, 0.29) is 18.6 Å². The van der Waals surface area contributed by atoms with Gasteiger partial charge in [0.2, 0.25) is 11.7 Å². The zero-order valence-electron chi connectivity index (χ0n) is 12.8. The lowest BCUT2D eigenvalue weighted by Crippen LogP contribution is -2.45. The SMILES string of the molecule is Cc1ccc(-c2nnn(CC(=O)N3CCOC(C)C3)n2)cc1. The summed E-state index contributed by atoms with van der Waals surface area (Å²) in [6, 6.07) is 7.89. The van der Waals surface area contributed by atoms with Crippen LogP contribution in [0.4, 0.5) is 0 Å². The van der Waals surface area contributed by atoms with Gasteiger partial charge in [-0.3, -0.25) is 4.79 Å². The molecule has 2 aromatic rings. The minimum atomic E-state index is -0.0111. The first-order valence-corrected chi connectivity index (χ1v) is 7.36. The number of hydrogen-bond acceptors (Lipinski definition) is 5. The largest absolute Gasteiger partial charge is 0.375 e. The number of carbonyl (C=O) groups excluding carboxylic acids is 1. The number of aromatic nitrogens is 4. The van der Waals surface area contributed by atoms with E-state index in [4.69, 9.17) is 4.74 Å². The van der Waals surface area contributed by atoms with Gasteiger partial charge < -0.3 is 9.64 Å². The molecule has 1 aromatic carbocycles. The van der Waals surface area contributed by atoms with Crippen molar-refractivity contribution < 1.29 is 9.53 Å². The number of nitrogens with zero attached hydrogens (tertiary/aromatic N) is 5. The summed E-state index contributed by atoms with van der Waals surface area (Å²) in [4.78, 5) is 15.4. The molecule has 1 aromatic heterocycles. The molecule has 1 fully saturated rings. The van der Waals surface area contributed by atoms with Crippen LogP contribution in [0.25, 0.3) is 11.4 Å². The van der Waals surface area contributed by atoms with Crippen LogP contribution in [0.15, 0.2) is 24.3 Å². The third-order valence-electron chi connectivity index (χ3n) is 3.63. The molecular formula is C15H19N5O2. The maximum absolute atomic E-state index is 12.2. The van der Waals surface area contributed by atoms with Crippen molar-refractivity contribution in [3.8, 4) is 11.4 Å². The molecule has 1 unspecified atom stereocenters. The zero-order valence-corrected chi connectivity index (χ0v) is 12.8. The van der Waals surface area contributed by atoms with Gasteiger partial charge in [-0.1, -0.05) is 29.8 Å². The van der Waals surface area contributed by atoms with E-state index in [1.54, 1.807) is 4.90 Å². The Morgan fingerprint density at radius 3 is 2.86 bits per heavy atom. The second-order valence-electron chi connectivity index (χ2n) is 5.53. The maximum Gasteiger partial charge on any atom is 0.246 e. The summed E-state index contributed by atoms with van der Waals surface area (Å²) in [5.74, 6) is 0.520. The third kappa shape index (κ3) is 3.30. The molecule has 1 aliphatic heterocycles. The number of rotatable bonds is 3. The Balaban J connectivity index is 1.66. The van der Waals surface area contributed by atoms with Crippen molar-refractivity contribution in [2.24, 2.45) is 0 Å². The minimum Gasteiger partial charge on any atom is -0.375 e. The first-order valence-electron chi connectivity index (χ1n) is 7.36. The number of amides is 1. The van der Waals surface area contributed by atoms with E-state index in [9.17, 15) is 4.79 Å². The fraction of sp³-hybridized carbons (Fsp3) is 0.467. The van der Waals surface area contributed by atoms with Gasteiger partial charge in [0.1, 0.15) is 6.54 Å². The van der Waals surface area contributed by atoms with Crippen molar-refractivity contribution >= 4 is 5.91 Å². The number of carbonyl (C=O) groups is 1. The van der Waals surface area contributed by atoms with E-state index >= 15 is 0 Å². The molecule has 0 saturated carbocycles. The first-order chi connectivity index (χ1) is 10.6. The predicted molar refractivity (Wildman–Crippen MR) is 80.0 cm³/mol. The number of ether oxygens (including phenoxy) is 1. The number of hydrogen-bond donors (Lipinski definition) is 0. The van der Waals surface area contributed by atoms with Crippen LogP contribution in [-0.4, -0.2) is 56.8 Å². The lowest BCUT2D eigenvalue weighted by Gasteiger charge is -2.30. The van der Waals surface area contributed by atoms with Gasteiger partial charge in [0.05, 0.1) is 12.7 Å². The van der Waals surface area contributed by atoms with Crippen molar-refractivity contribution in [3.63, 3.8) is 0 Å². The highest BCUT2D eigenvalue weighted by Crippen LogP contribution is 2.14. The van der Waals surface area contributed by atoms with Gasteiger partial charge >= 0.3 is 0 Å². The molecule has 3 rings (SSSR count). The highest BCUT2D eigenvalue weighted by atomic mass is 16.5. The quantitative estimate of drug-likeness (QED) is 0.842. The van der Waals surface area contributed by atoms with Gasteiger partial charge in [-0.15, -0.1) is 10.2 Å². The van der Waals surface area contributed by atoms with Crippen molar-refractivity contribution in [1.29, 1.82) is 0 Å². The Morgan fingerprint density at radius 1 is 1.36 bits per heavy atom. The van der Waals surface area contributed by atoms with E-state index in [1.807, 2.05) is 38.1 Å². The lowest BCUT2D eigenvalue weighted by atomic mass is 10.1. The number of tetrazole rings is 1. The molecule has 22 heavy (non-hydrogen) atoms. The number of aryl methyl sites for hydroxylation is 1. The fourth-order valence-corrected chi connectivity index (χ4v) is 2.39. The molecule has 0 N–H and O–H groups in total. The Kier molecular flexibility index (Phi) is 4.15. The molecule has 0 radical (unpaired) electrons. The Morgan fingerprint density at radius 2 is 2.14 bits per heavy atom. The summed E-state index contributed by atoms with van der Waals surface area (Å²) in [5, 5.41) is 12.3. The average Bonchev–Trinajstić information content (AvgIpc) is 2.96. The lowest BCUT2D eigenvalue weighted by molar-refractivity contribution is -0.139. The third-order valence-corrected chi connectivity index (χ3v) is 3.63. The Hall–Kier alpha value is -2.28. The van der Waals surface area contributed by atoms with Gasteiger partial charge in [-0.2, -0.15) is 4.80 Å². The van der Waals surface area contributed by atoms with E-state index in [2.05, 4.69) is 15.4 Å².